The Morgan fingerprint density at radius 3 is 1.94 bits per heavy atom. The van der Waals surface area contributed by atoms with E-state index in [0.717, 1.165) is 11.8 Å². The molecule has 166 valence electrons. The molecule has 0 atom stereocenters. The number of carbonyl (C=O) groups excluding carboxylic acids is 1. The zero-order chi connectivity index (χ0) is 23.1. The van der Waals surface area contributed by atoms with Gasteiger partial charge in [-0.1, -0.05) is 6.07 Å². The van der Waals surface area contributed by atoms with Crippen LogP contribution in [-0.4, -0.2) is 63.7 Å². The van der Waals surface area contributed by atoms with Crippen molar-refractivity contribution < 1.29 is 33.6 Å². The third-order valence-corrected chi connectivity index (χ3v) is 5.35. The van der Waals surface area contributed by atoms with Crippen LogP contribution in [0.3, 0.4) is 0 Å². The zero-order valence-electron chi connectivity index (χ0n) is 18.2. The van der Waals surface area contributed by atoms with Crippen LogP contribution >= 0.6 is 11.8 Å². The summed E-state index contributed by atoms with van der Waals surface area (Å²) in [4.78, 5) is 26.2. The summed E-state index contributed by atoms with van der Waals surface area (Å²) in [6.45, 7) is 0. The van der Waals surface area contributed by atoms with Crippen molar-refractivity contribution in [3.05, 3.63) is 41.5 Å². The molecule has 0 aliphatic rings. The van der Waals surface area contributed by atoms with Crippen LogP contribution in [0.25, 0.3) is 11.6 Å². The number of aliphatic carboxylic acids is 1. The number of hydrogen-bond donors (Lipinski definition) is 1. The lowest BCUT2D eigenvalue weighted by molar-refractivity contribution is -0.130. The van der Waals surface area contributed by atoms with Crippen LogP contribution in [0.15, 0.2) is 35.2 Å². The fourth-order valence-corrected chi connectivity index (χ4v) is 3.54. The first-order chi connectivity index (χ1) is 14.7. The minimum absolute atomic E-state index is 0.0132. The first-order valence-corrected chi connectivity index (χ1v) is 9.89. The van der Waals surface area contributed by atoms with Crippen molar-refractivity contribution in [1.82, 2.24) is 4.90 Å². The largest absolute Gasteiger partial charge is 0.496 e. The fourth-order valence-electron chi connectivity index (χ4n) is 2.72. The molecule has 0 saturated carbocycles. The van der Waals surface area contributed by atoms with E-state index in [-0.39, 0.29) is 10.8 Å². The van der Waals surface area contributed by atoms with Crippen molar-refractivity contribution in [2.75, 3.05) is 42.5 Å². The number of benzene rings is 2. The van der Waals surface area contributed by atoms with E-state index < -0.39 is 5.97 Å². The number of methoxy groups -OCH3 is 4. The monoisotopic (exact) mass is 447 g/mol. The summed E-state index contributed by atoms with van der Waals surface area (Å²) < 4.78 is 21.3. The SMILES string of the molecule is COc1ccc(/C=C(/C(=O)O)c2cc(OC)c(OC)c(OC)c2)cc1SC(=O)N(C)C. The highest BCUT2D eigenvalue weighted by molar-refractivity contribution is 8.13. The molecule has 0 fully saturated rings. The molecular formula is C22H25NO7S. The van der Waals surface area contributed by atoms with Crippen molar-refractivity contribution in [3.8, 4) is 23.0 Å². The first kappa shape index (κ1) is 23.9. The standard InChI is InChI=1S/C22H25NO7S/c1-23(2)22(26)31-19-10-13(7-8-16(19)27-3)9-15(21(24)25)14-11-17(28-4)20(30-6)18(12-14)29-5/h7-12H,1-6H3,(H,24,25)/b15-9+. The van der Waals surface area contributed by atoms with Gasteiger partial charge in [-0.2, -0.15) is 0 Å². The van der Waals surface area contributed by atoms with Gasteiger partial charge in [0.05, 0.1) is 38.9 Å². The van der Waals surface area contributed by atoms with Gasteiger partial charge < -0.3 is 29.0 Å². The molecule has 2 rings (SSSR count). The highest BCUT2D eigenvalue weighted by Gasteiger charge is 2.19. The molecule has 2 aromatic rings. The molecule has 0 spiro atoms. The molecule has 31 heavy (non-hydrogen) atoms. The molecule has 8 nitrogen and oxygen atoms in total. The molecule has 0 aliphatic carbocycles. The Kier molecular flexibility index (Phi) is 8.21. The van der Waals surface area contributed by atoms with E-state index in [1.54, 1.807) is 44.4 Å². The van der Waals surface area contributed by atoms with Gasteiger partial charge in [0, 0.05) is 14.1 Å². The molecule has 0 radical (unpaired) electrons. The van der Waals surface area contributed by atoms with E-state index in [0.29, 0.717) is 39.0 Å². The highest BCUT2D eigenvalue weighted by Crippen LogP contribution is 2.40. The molecular weight excluding hydrogens is 422 g/mol. The molecule has 9 heteroatoms. The Morgan fingerprint density at radius 1 is 0.903 bits per heavy atom. The van der Waals surface area contributed by atoms with Gasteiger partial charge in [-0.15, -0.1) is 0 Å². The number of thioether (sulfide) groups is 1. The molecule has 0 bridgehead atoms. The van der Waals surface area contributed by atoms with Gasteiger partial charge in [0.15, 0.2) is 11.5 Å². The average Bonchev–Trinajstić information content (AvgIpc) is 2.76. The lowest BCUT2D eigenvalue weighted by Crippen LogP contribution is -2.16. The van der Waals surface area contributed by atoms with E-state index in [1.807, 2.05) is 0 Å². The van der Waals surface area contributed by atoms with Crippen LogP contribution < -0.4 is 18.9 Å². The topological polar surface area (TPSA) is 94.5 Å². The number of nitrogens with zero attached hydrogens (tertiary/aromatic N) is 1. The fraction of sp³-hybridized carbons (Fsp3) is 0.273. The van der Waals surface area contributed by atoms with Gasteiger partial charge in [0.2, 0.25) is 5.75 Å². The van der Waals surface area contributed by atoms with Gasteiger partial charge in [-0.3, -0.25) is 4.79 Å². The quantitative estimate of drug-likeness (QED) is 0.367. The second-order valence-corrected chi connectivity index (χ2v) is 7.44. The van der Waals surface area contributed by atoms with Crippen LogP contribution in [0, 0.1) is 0 Å². The van der Waals surface area contributed by atoms with Gasteiger partial charge in [-0.25, -0.2) is 4.79 Å². The van der Waals surface area contributed by atoms with Crippen LogP contribution in [0.1, 0.15) is 11.1 Å². The predicted molar refractivity (Wildman–Crippen MR) is 120 cm³/mol. The number of carboxylic acid groups (broad SMARTS) is 1. The normalized spacial score (nSPS) is 11.0. The Morgan fingerprint density at radius 2 is 1.48 bits per heavy atom. The van der Waals surface area contributed by atoms with Crippen molar-refractivity contribution in [1.29, 1.82) is 0 Å². The second-order valence-electron chi connectivity index (χ2n) is 6.45. The Balaban J connectivity index is 2.59. The van der Waals surface area contributed by atoms with E-state index in [1.165, 1.54) is 39.4 Å². The van der Waals surface area contributed by atoms with Crippen LogP contribution in [-0.2, 0) is 4.79 Å². The third kappa shape index (κ3) is 5.64. The summed E-state index contributed by atoms with van der Waals surface area (Å²) in [6, 6.07) is 8.23. The summed E-state index contributed by atoms with van der Waals surface area (Å²) >= 11 is 0.994. The van der Waals surface area contributed by atoms with E-state index in [2.05, 4.69) is 0 Å². The third-order valence-electron chi connectivity index (χ3n) is 4.27. The summed E-state index contributed by atoms with van der Waals surface area (Å²) in [6.07, 6.45) is 1.51. The van der Waals surface area contributed by atoms with Gasteiger partial charge in [0.1, 0.15) is 5.75 Å². The molecule has 1 amide bonds. The molecule has 1 N–H and O–H groups in total. The second kappa shape index (κ2) is 10.6. The maximum absolute atomic E-state index is 12.1. The van der Waals surface area contributed by atoms with E-state index in [9.17, 15) is 14.7 Å². The van der Waals surface area contributed by atoms with E-state index >= 15 is 0 Å². The van der Waals surface area contributed by atoms with Gasteiger partial charge in [-0.05, 0) is 53.2 Å². The summed E-state index contributed by atoms with van der Waals surface area (Å²) in [5.41, 5.74) is 0.969. The Bertz CT molecular complexity index is 976. The first-order valence-electron chi connectivity index (χ1n) is 9.08. The molecule has 0 unspecified atom stereocenters. The molecule has 0 aliphatic heterocycles. The summed E-state index contributed by atoms with van der Waals surface area (Å²) in [7, 11) is 9.20. The minimum atomic E-state index is -1.14. The van der Waals surface area contributed by atoms with E-state index in [4.69, 9.17) is 18.9 Å². The molecule has 2 aromatic carbocycles. The van der Waals surface area contributed by atoms with Crippen molar-refractivity contribution in [2.45, 2.75) is 4.90 Å². The minimum Gasteiger partial charge on any atom is -0.496 e. The number of rotatable bonds is 8. The summed E-state index contributed by atoms with van der Waals surface area (Å²) in [5, 5.41) is 9.68. The smallest absolute Gasteiger partial charge is 0.336 e. The lowest BCUT2D eigenvalue weighted by Gasteiger charge is -2.15. The lowest BCUT2D eigenvalue weighted by atomic mass is 10.0. The van der Waals surface area contributed by atoms with Crippen LogP contribution in [0.4, 0.5) is 4.79 Å². The van der Waals surface area contributed by atoms with Crippen molar-refractivity contribution >= 4 is 34.6 Å². The Labute approximate surface area is 185 Å². The number of amides is 1. The summed E-state index contributed by atoms with van der Waals surface area (Å²) in [5.74, 6) is 0.424. The average molecular weight is 448 g/mol. The van der Waals surface area contributed by atoms with Crippen LogP contribution in [0.5, 0.6) is 23.0 Å². The highest BCUT2D eigenvalue weighted by atomic mass is 32.2. The number of carbonyl (C=O) groups is 2. The van der Waals surface area contributed by atoms with Crippen LogP contribution in [0.2, 0.25) is 0 Å². The predicted octanol–water partition coefficient (Wildman–Crippen LogP) is 4.12. The zero-order valence-corrected chi connectivity index (χ0v) is 19.0. The van der Waals surface area contributed by atoms with Crippen molar-refractivity contribution in [3.63, 3.8) is 0 Å². The van der Waals surface area contributed by atoms with Gasteiger partial charge in [0.25, 0.3) is 5.24 Å². The molecule has 0 aromatic heterocycles. The number of ether oxygens (including phenoxy) is 4. The molecule has 0 heterocycles. The van der Waals surface area contributed by atoms with Crippen molar-refractivity contribution in [2.24, 2.45) is 0 Å². The maximum atomic E-state index is 12.1. The number of hydrogen-bond acceptors (Lipinski definition) is 7. The number of carboxylic acids is 1. The Hall–Kier alpha value is -3.33. The molecule has 0 saturated heterocycles. The van der Waals surface area contributed by atoms with Gasteiger partial charge >= 0.3 is 5.97 Å². The maximum Gasteiger partial charge on any atom is 0.336 e.